The Labute approximate surface area is 195 Å². The first-order valence-corrected chi connectivity index (χ1v) is 11.3. The van der Waals surface area contributed by atoms with Crippen LogP contribution < -0.4 is 4.74 Å². The summed E-state index contributed by atoms with van der Waals surface area (Å²) in [6, 6.07) is 12.1. The molecule has 7 heteroatoms. The van der Waals surface area contributed by atoms with Crippen molar-refractivity contribution in [2.45, 2.75) is 40.8 Å². The van der Waals surface area contributed by atoms with Crippen LogP contribution in [0, 0.1) is 11.8 Å². The smallest absolute Gasteiger partial charge is 0.242 e. The van der Waals surface area contributed by atoms with E-state index in [9.17, 15) is 14.7 Å². The Morgan fingerprint density at radius 2 is 1.67 bits per heavy atom. The number of ether oxygens (including phenoxy) is 1. The number of carbonyl (C=O) groups is 2. The lowest BCUT2D eigenvalue weighted by atomic mass is 10.1. The second kappa shape index (κ2) is 10.6. The fraction of sp³-hybridized carbons (Fsp3) is 0.423. The summed E-state index contributed by atoms with van der Waals surface area (Å²) in [6.07, 6.45) is 0. The predicted molar refractivity (Wildman–Crippen MR) is 128 cm³/mol. The number of aliphatic hydroxyl groups is 1. The molecular weight excluding hydrogens is 418 g/mol. The van der Waals surface area contributed by atoms with Crippen molar-refractivity contribution in [3.8, 4) is 5.75 Å². The summed E-state index contributed by atoms with van der Waals surface area (Å²) in [5, 5.41) is 9.29. The zero-order chi connectivity index (χ0) is 24.1. The van der Waals surface area contributed by atoms with E-state index >= 15 is 0 Å². The van der Waals surface area contributed by atoms with Crippen LogP contribution in [0.2, 0.25) is 0 Å². The van der Waals surface area contributed by atoms with E-state index in [1.54, 1.807) is 54.1 Å². The van der Waals surface area contributed by atoms with E-state index in [2.05, 4.69) is 32.7 Å². The van der Waals surface area contributed by atoms with E-state index < -0.39 is 0 Å². The average molecular weight is 452 g/mol. The number of benzene rings is 2. The van der Waals surface area contributed by atoms with Crippen molar-refractivity contribution >= 4 is 22.7 Å². The van der Waals surface area contributed by atoms with Crippen LogP contribution in [0.25, 0.3) is 11.0 Å². The Morgan fingerprint density at radius 1 is 1.03 bits per heavy atom. The van der Waals surface area contributed by atoms with Gasteiger partial charge in [0.1, 0.15) is 12.3 Å². The van der Waals surface area contributed by atoms with Crippen LogP contribution in [0.3, 0.4) is 0 Å². The summed E-state index contributed by atoms with van der Waals surface area (Å²) < 4.78 is 7.06. The van der Waals surface area contributed by atoms with Crippen molar-refractivity contribution in [1.82, 2.24) is 14.5 Å². The molecule has 0 spiro atoms. The summed E-state index contributed by atoms with van der Waals surface area (Å²) >= 11 is 0. The standard InChI is InChI=1S/C26H33N3O4/c1-17(2)13-28(14-18(3)4)24(31)15-29-23-12-21(33-5)10-11-22(23)27-26(29)25(32)20-8-6-19(16-30)7-9-20/h6-12,17-18,30H,13-16H2,1-5H3. The quantitative estimate of drug-likeness (QED) is 0.473. The largest absolute Gasteiger partial charge is 0.497 e. The predicted octanol–water partition coefficient (Wildman–Crippen LogP) is 3.91. The van der Waals surface area contributed by atoms with E-state index in [0.717, 1.165) is 5.56 Å². The van der Waals surface area contributed by atoms with E-state index in [1.807, 2.05) is 4.90 Å². The van der Waals surface area contributed by atoms with Gasteiger partial charge in [0.15, 0.2) is 5.82 Å². The van der Waals surface area contributed by atoms with Gasteiger partial charge in [-0.25, -0.2) is 4.98 Å². The lowest BCUT2D eigenvalue weighted by Crippen LogP contribution is -2.39. The van der Waals surface area contributed by atoms with Crippen molar-refractivity contribution in [2.24, 2.45) is 11.8 Å². The van der Waals surface area contributed by atoms with Crippen LogP contribution in [0.5, 0.6) is 5.75 Å². The minimum Gasteiger partial charge on any atom is -0.497 e. The molecule has 1 heterocycles. The highest BCUT2D eigenvalue weighted by Crippen LogP contribution is 2.24. The van der Waals surface area contributed by atoms with Crippen molar-refractivity contribution in [2.75, 3.05) is 20.2 Å². The zero-order valence-corrected chi connectivity index (χ0v) is 20.0. The Balaban J connectivity index is 2.05. The number of ketones is 1. The van der Waals surface area contributed by atoms with Crippen molar-refractivity contribution in [3.05, 3.63) is 59.4 Å². The average Bonchev–Trinajstić information content (AvgIpc) is 3.14. The summed E-state index contributed by atoms with van der Waals surface area (Å²) in [5.74, 6) is 1.17. The molecule has 3 rings (SSSR count). The number of aliphatic hydroxyl groups excluding tert-OH is 1. The number of aromatic nitrogens is 2. The maximum absolute atomic E-state index is 13.4. The lowest BCUT2D eigenvalue weighted by Gasteiger charge is -2.27. The van der Waals surface area contributed by atoms with Gasteiger partial charge in [0, 0.05) is 24.7 Å². The summed E-state index contributed by atoms with van der Waals surface area (Å²) in [6.45, 7) is 9.57. The number of rotatable bonds is 10. The number of fused-ring (bicyclic) bond motifs is 1. The molecule has 0 radical (unpaired) electrons. The molecule has 0 bridgehead atoms. The van der Waals surface area contributed by atoms with E-state index in [0.29, 0.717) is 47.3 Å². The van der Waals surface area contributed by atoms with E-state index in [1.165, 1.54) is 0 Å². The number of amides is 1. The summed E-state index contributed by atoms with van der Waals surface area (Å²) in [4.78, 5) is 33.2. The highest BCUT2D eigenvalue weighted by molar-refractivity contribution is 6.08. The maximum Gasteiger partial charge on any atom is 0.242 e. The number of hydrogen-bond donors (Lipinski definition) is 1. The third-order valence-electron chi connectivity index (χ3n) is 5.37. The van der Waals surface area contributed by atoms with Crippen LogP contribution in [0.1, 0.15) is 49.4 Å². The van der Waals surface area contributed by atoms with Gasteiger partial charge in [0.05, 0.1) is 24.8 Å². The molecule has 0 atom stereocenters. The second-order valence-corrected chi connectivity index (χ2v) is 9.15. The molecule has 2 aromatic carbocycles. The number of imidazole rings is 1. The molecule has 0 fully saturated rings. The number of nitrogens with zero attached hydrogens (tertiary/aromatic N) is 3. The Bertz CT molecular complexity index is 1110. The van der Waals surface area contributed by atoms with Crippen LogP contribution >= 0.6 is 0 Å². The molecule has 176 valence electrons. The molecule has 1 aromatic heterocycles. The van der Waals surface area contributed by atoms with Gasteiger partial charge in [-0.2, -0.15) is 0 Å². The third-order valence-corrected chi connectivity index (χ3v) is 5.37. The van der Waals surface area contributed by atoms with Gasteiger partial charge in [-0.05, 0) is 29.5 Å². The zero-order valence-electron chi connectivity index (χ0n) is 20.0. The minimum absolute atomic E-state index is 0.0128. The van der Waals surface area contributed by atoms with Gasteiger partial charge in [-0.3, -0.25) is 9.59 Å². The molecule has 0 unspecified atom stereocenters. The molecule has 0 saturated carbocycles. The molecule has 3 aromatic rings. The molecular formula is C26H33N3O4. The minimum atomic E-state index is -0.276. The topological polar surface area (TPSA) is 84.7 Å². The first-order valence-electron chi connectivity index (χ1n) is 11.3. The SMILES string of the molecule is COc1ccc2nc(C(=O)c3ccc(CO)cc3)n(CC(=O)N(CC(C)C)CC(C)C)c2c1. The van der Waals surface area contributed by atoms with Crippen molar-refractivity contribution < 1.29 is 19.4 Å². The lowest BCUT2D eigenvalue weighted by molar-refractivity contribution is -0.132. The molecule has 0 aliphatic rings. The number of carbonyl (C=O) groups excluding carboxylic acids is 2. The van der Waals surface area contributed by atoms with Gasteiger partial charge in [0.25, 0.3) is 0 Å². The molecule has 0 saturated heterocycles. The van der Waals surface area contributed by atoms with Crippen molar-refractivity contribution in [3.63, 3.8) is 0 Å². The van der Waals surface area contributed by atoms with Crippen LogP contribution in [0.15, 0.2) is 42.5 Å². The van der Waals surface area contributed by atoms with E-state index in [4.69, 9.17) is 4.74 Å². The van der Waals surface area contributed by atoms with Crippen LogP contribution in [-0.4, -0.2) is 51.4 Å². The monoisotopic (exact) mass is 451 g/mol. The highest BCUT2D eigenvalue weighted by atomic mass is 16.5. The molecule has 7 nitrogen and oxygen atoms in total. The van der Waals surface area contributed by atoms with Crippen LogP contribution in [0.4, 0.5) is 0 Å². The van der Waals surface area contributed by atoms with Gasteiger partial charge in [-0.15, -0.1) is 0 Å². The Hall–Kier alpha value is -3.19. The van der Waals surface area contributed by atoms with Gasteiger partial charge >= 0.3 is 0 Å². The molecule has 1 N–H and O–H groups in total. The Kier molecular flexibility index (Phi) is 7.87. The van der Waals surface area contributed by atoms with Gasteiger partial charge in [0.2, 0.25) is 11.7 Å². The van der Waals surface area contributed by atoms with Gasteiger partial charge in [-0.1, -0.05) is 52.0 Å². The fourth-order valence-electron chi connectivity index (χ4n) is 3.85. The van der Waals surface area contributed by atoms with Crippen LogP contribution in [-0.2, 0) is 17.9 Å². The number of methoxy groups -OCH3 is 1. The molecule has 0 aliphatic heterocycles. The summed E-state index contributed by atoms with van der Waals surface area (Å²) in [7, 11) is 1.58. The Morgan fingerprint density at radius 3 is 2.21 bits per heavy atom. The third kappa shape index (κ3) is 5.79. The summed E-state index contributed by atoms with van der Waals surface area (Å²) in [5.41, 5.74) is 2.47. The van der Waals surface area contributed by atoms with E-state index in [-0.39, 0.29) is 30.7 Å². The normalized spacial score (nSPS) is 11.4. The first kappa shape index (κ1) is 24.5. The molecule has 1 amide bonds. The first-order chi connectivity index (χ1) is 15.7. The van der Waals surface area contributed by atoms with Crippen molar-refractivity contribution in [1.29, 1.82) is 0 Å². The number of hydrogen-bond acceptors (Lipinski definition) is 5. The molecule has 0 aliphatic carbocycles. The highest BCUT2D eigenvalue weighted by Gasteiger charge is 2.24. The fourth-order valence-corrected chi connectivity index (χ4v) is 3.85. The second-order valence-electron chi connectivity index (χ2n) is 9.15. The maximum atomic E-state index is 13.4. The van der Waals surface area contributed by atoms with Gasteiger partial charge < -0.3 is 19.3 Å². The molecule has 33 heavy (non-hydrogen) atoms.